The van der Waals surface area contributed by atoms with Crippen LogP contribution in [0.5, 0.6) is 0 Å². The molecule has 0 fully saturated rings. The van der Waals surface area contributed by atoms with Crippen molar-refractivity contribution in [2.45, 2.75) is 19.4 Å². The first-order chi connectivity index (χ1) is 9.70. The molecule has 20 heavy (non-hydrogen) atoms. The van der Waals surface area contributed by atoms with Gasteiger partial charge in [-0.1, -0.05) is 35.9 Å². The summed E-state index contributed by atoms with van der Waals surface area (Å²) < 4.78 is 0. The maximum atomic E-state index is 6.51. The van der Waals surface area contributed by atoms with Crippen LogP contribution in [0.15, 0.2) is 42.5 Å². The molecule has 2 aromatic carbocycles. The van der Waals surface area contributed by atoms with E-state index in [2.05, 4.69) is 59.6 Å². The predicted octanol–water partition coefficient (Wildman–Crippen LogP) is 4.31. The van der Waals surface area contributed by atoms with Gasteiger partial charge in [0.25, 0.3) is 0 Å². The topological polar surface area (TPSA) is 15.3 Å². The molecule has 3 rings (SSSR count). The van der Waals surface area contributed by atoms with Crippen molar-refractivity contribution in [1.82, 2.24) is 5.32 Å². The first-order valence-electron chi connectivity index (χ1n) is 7.03. The molecule has 1 atom stereocenters. The van der Waals surface area contributed by atoms with Crippen LogP contribution in [-0.4, -0.2) is 13.6 Å². The molecule has 104 valence electrons. The molecule has 0 amide bonds. The van der Waals surface area contributed by atoms with Crippen LogP contribution in [0, 0.1) is 0 Å². The van der Waals surface area contributed by atoms with E-state index in [9.17, 15) is 0 Å². The van der Waals surface area contributed by atoms with E-state index in [4.69, 9.17) is 11.6 Å². The van der Waals surface area contributed by atoms with Gasteiger partial charge >= 0.3 is 0 Å². The quantitative estimate of drug-likeness (QED) is 0.904. The number of para-hydroxylation sites is 1. The number of benzene rings is 2. The average Bonchev–Trinajstić information content (AvgIpc) is 2.90. The first kappa shape index (κ1) is 13.5. The number of hydrogen-bond donors (Lipinski definition) is 1. The molecular weight excluding hydrogens is 268 g/mol. The third-order valence-electron chi connectivity index (χ3n) is 4.08. The van der Waals surface area contributed by atoms with E-state index >= 15 is 0 Å². The Hall–Kier alpha value is -1.51. The van der Waals surface area contributed by atoms with Crippen LogP contribution in [0.2, 0.25) is 5.02 Å². The second kappa shape index (κ2) is 5.47. The Bertz CT molecular complexity index is 624. The van der Waals surface area contributed by atoms with Crippen molar-refractivity contribution in [3.63, 3.8) is 0 Å². The van der Waals surface area contributed by atoms with Crippen molar-refractivity contribution in [3.05, 3.63) is 58.6 Å². The Morgan fingerprint density at radius 3 is 2.70 bits per heavy atom. The fourth-order valence-electron chi connectivity index (χ4n) is 2.77. The Morgan fingerprint density at radius 2 is 1.95 bits per heavy atom. The molecule has 1 aliphatic rings. The first-order valence-corrected chi connectivity index (χ1v) is 7.40. The minimum absolute atomic E-state index is 0.312. The number of anilines is 2. The lowest BCUT2D eigenvalue weighted by Gasteiger charge is -2.22. The Kier molecular flexibility index (Phi) is 3.68. The largest absolute Gasteiger partial charge is 0.340 e. The Labute approximate surface area is 125 Å². The van der Waals surface area contributed by atoms with Crippen molar-refractivity contribution < 1.29 is 0 Å². The van der Waals surface area contributed by atoms with E-state index in [0.29, 0.717) is 6.04 Å². The van der Waals surface area contributed by atoms with E-state index in [-0.39, 0.29) is 0 Å². The summed E-state index contributed by atoms with van der Waals surface area (Å²) in [4.78, 5) is 2.31. The Balaban J connectivity index is 1.96. The number of nitrogens with zero attached hydrogens (tertiary/aromatic N) is 1. The zero-order chi connectivity index (χ0) is 14.1. The smallest absolute Gasteiger partial charge is 0.0646 e. The molecule has 2 nitrogen and oxygen atoms in total. The second-order valence-electron chi connectivity index (χ2n) is 5.25. The van der Waals surface area contributed by atoms with Gasteiger partial charge in [0.1, 0.15) is 0 Å². The summed E-state index contributed by atoms with van der Waals surface area (Å²) in [5, 5.41) is 4.06. The lowest BCUT2D eigenvalue weighted by Crippen LogP contribution is -2.15. The lowest BCUT2D eigenvalue weighted by atomic mass is 10.1. The van der Waals surface area contributed by atoms with Gasteiger partial charge in [0.15, 0.2) is 0 Å². The van der Waals surface area contributed by atoms with Gasteiger partial charge in [-0.05, 0) is 49.7 Å². The van der Waals surface area contributed by atoms with E-state index in [1.54, 1.807) is 0 Å². The van der Waals surface area contributed by atoms with E-state index in [1.165, 1.54) is 16.8 Å². The Morgan fingerprint density at radius 1 is 1.15 bits per heavy atom. The minimum atomic E-state index is 0.312. The molecule has 3 heteroatoms. The zero-order valence-electron chi connectivity index (χ0n) is 11.9. The molecule has 0 radical (unpaired) electrons. The number of fused-ring (bicyclic) bond motifs is 1. The SMILES string of the molecule is CNC(C)c1ccc(N2CCc3ccccc32)c(Cl)c1. The van der Waals surface area contributed by atoms with Gasteiger partial charge in [-0.2, -0.15) is 0 Å². The molecular formula is C17H19ClN2. The van der Waals surface area contributed by atoms with Gasteiger partial charge in [-0.3, -0.25) is 0 Å². The highest BCUT2D eigenvalue weighted by Crippen LogP contribution is 2.38. The van der Waals surface area contributed by atoms with E-state index in [1.807, 2.05) is 7.05 Å². The summed E-state index contributed by atoms with van der Waals surface area (Å²) >= 11 is 6.51. The molecule has 1 heterocycles. The maximum absolute atomic E-state index is 6.51. The second-order valence-corrected chi connectivity index (χ2v) is 5.66. The maximum Gasteiger partial charge on any atom is 0.0646 e. The van der Waals surface area contributed by atoms with Gasteiger partial charge in [0, 0.05) is 18.3 Å². The fraction of sp³-hybridized carbons (Fsp3) is 0.294. The average molecular weight is 287 g/mol. The lowest BCUT2D eigenvalue weighted by molar-refractivity contribution is 0.652. The highest BCUT2D eigenvalue weighted by molar-refractivity contribution is 6.33. The standard InChI is InChI=1S/C17H19ClN2/c1-12(19-2)14-7-8-17(15(18)11-14)20-10-9-13-5-3-4-6-16(13)20/h3-8,11-12,19H,9-10H2,1-2H3. The van der Waals surface area contributed by atoms with Crippen molar-refractivity contribution in [2.24, 2.45) is 0 Å². The number of halogens is 1. The highest BCUT2D eigenvalue weighted by atomic mass is 35.5. The molecule has 0 aliphatic carbocycles. The van der Waals surface area contributed by atoms with Crippen molar-refractivity contribution >= 4 is 23.0 Å². The summed E-state index contributed by atoms with van der Waals surface area (Å²) in [6, 6.07) is 15.2. The summed E-state index contributed by atoms with van der Waals surface area (Å²) in [5.74, 6) is 0. The van der Waals surface area contributed by atoms with Crippen LogP contribution in [0.25, 0.3) is 0 Å². The number of rotatable bonds is 3. The minimum Gasteiger partial charge on any atom is -0.340 e. The molecule has 2 aromatic rings. The monoisotopic (exact) mass is 286 g/mol. The van der Waals surface area contributed by atoms with Crippen LogP contribution < -0.4 is 10.2 Å². The number of nitrogens with one attached hydrogen (secondary N) is 1. The zero-order valence-corrected chi connectivity index (χ0v) is 12.6. The van der Waals surface area contributed by atoms with Gasteiger partial charge in [-0.15, -0.1) is 0 Å². The van der Waals surface area contributed by atoms with Gasteiger partial charge < -0.3 is 10.2 Å². The predicted molar refractivity (Wildman–Crippen MR) is 86.1 cm³/mol. The van der Waals surface area contributed by atoms with Crippen LogP contribution in [0.4, 0.5) is 11.4 Å². The van der Waals surface area contributed by atoms with Gasteiger partial charge in [-0.25, -0.2) is 0 Å². The molecule has 1 N–H and O–H groups in total. The van der Waals surface area contributed by atoms with Crippen molar-refractivity contribution in [3.8, 4) is 0 Å². The molecule has 1 unspecified atom stereocenters. The molecule has 0 spiro atoms. The molecule has 0 saturated heterocycles. The van der Waals surface area contributed by atoms with Gasteiger partial charge in [0.05, 0.1) is 10.7 Å². The third-order valence-corrected chi connectivity index (χ3v) is 4.39. The highest BCUT2D eigenvalue weighted by Gasteiger charge is 2.21. The molecule has 1 aliphatic heterocycles. The molecule has 0 saturated carbocycles. The summed E-state index contributed by atoms with van der Waals surface area (Å²) in [7, 11) is 1.96. The fourth-order valence-corrected chi connectivity index (χ4v) is 3.06. The third kappa shape index (κ3) is 2.30. The number of hydrogen-bond acceptors (Lipinski definition) is 2. The van der Waals surface area contributed by atoms with Gasteiger partial charge in [0.2, 0.25) is 0 Å². The summed E-state index contributed by atoms with van der Waals surface area (Å²) in [5.41, 5.74) is 5.00. The van der Waals surface area contributed by atoms with E-state index in [0.717, 1.165) is 23.7 Å². The van der Waals surface area contributed by atoms with Crippen LogP contribution >= 0.6 is 11.6 Å². The molecule has 0 bridgehead atoms. The van der Waals surface area contributed by atoms with Crippen molar-refractivity contribution in [1.29, 1.82) is 0 Å². The summed E-state index contributed by atoms with van der Waals surface area (Å²) in [6.07, 6.45) is 1.08. The molecule has 0 aromatic heterocycles. The normalized spacial score (nSPS) is 15.2. The van der Waals surface area contributed by atoms with Crippen molar-refractivity contribution in [2.75, 3.05) is 18.5 Å². The summed E-state index contributed by atoms with van der Waals surface area (Å²) in [6.45, 7) is 3.14. The van der Waals surface area contributed by atoms with Crippen LogP contribution in [-0.2, 0) is 6.42 Å². The van der Waals surface area contributed by atoms with Crippen LogP contribution in [0.1, 0.15) is 24.1 Å². The van der Waals surface area contributed by atoms with Crippen LogP contribution in [0.3, 0.4) is 0 Å². The van der Waals surface area contributed by atoms with E-state index < -0.39 is 0 Å².